The molecule has 2 aliphatic heterocycles. The van der Waals surface area contributed by atoms with Gasteiger partial charge in [-0.05, 0) is 40.0 Å². The summed E-state index contributed by atoms with van der Waals surface area (Å²) in [6.07, 6.45) is 2.99. The zero-order valence-corrected chi connectivity index (χ0v) is 12.4. The van der Waals surface area contributed by atoms with Crippen molar-refractivity contribution in [2.24, 2.45) is 5.73 Å². The van der Waals surface area contributed by atoms with Crippen LogP contribution in [0.1, 0.15) is 40.0 Å². The van der Waals surface area contributed by atoms with Crippen molar-refractivity contribution < 1.29 is 9.53 Å². The van der Waals surface area contributed by atoms with Gasteiger partial charge in [-0.2, -0.15) is 0 Å². The number of carbonyl (C=O) groups is 1. The number of likely N-dealkylation sites (tertiary alicyclic amines) is 2. The first-order valence-electron chi connectivity index (χ1n) is 7.33. The van der Waals surface area contributed by atoms with E-state index in [0.29, 0.717) is 12.1 Å². The summed E-state index contributed by atoms with van der Waals surface area (Å²) >= 11 is 0. The fourth-order valence-corrected chi connectivity index (χ4v) is 2.89. The zero-order chi connectivity index (χ0) is 14.0. The van der Waals surface area contributed by atoms with Crippen LogP contribution in [0.3, 0.4) is 0 Å². The van der Waals surface area contributed by atoms with E-state index < -0.39 is 5.60 Å². The highest BCUT2D eigenvalue weighted by atomic mass is 16.6. The van der Waals surface area contributed by atoms with E-state index in [9.17, 15) is 4.79 Å². The van der Waals surface area contributed by atoms with Gasteiger partial charge in [-0.1, -0.05) is 0 Å². The summed E-state index contributed by atoms with van der Waals surface area (Å²) in [6.45, 7) is 9.43. The van der Waals surface area contributed by atoms with Crippen molar-refractivity contribution in [3.63, 3.8) is 0 Å². The summed E-state index contributed by atoms with van der Waals surface area (Å²) in [7, 11) is 0. The third kappa shape index (κ3) is 4.08. The standard InChI is InChI=1S/C14H27N3O2/c1-14(2,3)19-13(18)16-8-5-12(6-9-16)17-7-4-11(15)10-17/h11-12H,4-10,15H2,1-3H3/t11-/m1/s1. The van der Waals surface area contributed by atoms with Gasteiger partial charge in [0.25, 0.3) is 0 Å². The Balaban J connectivity index is 1.77. The van der Waals surface area contributed by atoms with E-state index in [2.05, 4.69) is 4.90 Å². The molecule has 0 aromatic carbocycles. The maximum absolute atomic E-state index is 12.0. The molecule has 19 heavy (non-hydrogen) atoms. The Kier molecular flexibility index (Phi) is 4.36. The molecule has 0 aromatic rings. The minimum atomic E-state index is -0.407. The lowest BCUT2D eigenvalue weighted by molar-refractivity contribution is 0.0155. The molecular weight excluding hydrogens is 242 g/mol. The molecule has 0 radical (unpaired) electrons. The van der Waals surface area contributed by atoms with Crippen LogP contribution in [0.2, 0.25) is 0 Å². The fourth-order valence-electron chi connectivity index (χ4n) is 2.89. The van der Waals surface area contributed by atoms with E-state index in [1.54, 1.807) is 0 Å². The van der Waals surface area contributed by atoms with Crippen LogP contribution in [0, 0.1) is 0 Å². The minimum Gasteiger partial charge on any atom is -0.444 e. The van der Waals surface area contributed by atoms with Crippen LogP contribution in [-0.2, 0) is 4.74 Å². The van der Waals surface area contributed by atoms with Crippen molar-refractivity contribution in [1.29, 1.82) is 0 Å². The largest absolute Gasteiger partial charge is 0.444 e. The first-order chi connectivity index (χ1) is 8.85. The summed E-state index contributed by atoms with van der Waals surface area (Å²) < 4.78 is 5.41. The first-order valence-corrected chi connectivity index (χ1v) is 7.33. The lowest BCUT2D eigenvalue weighted by Crippen LogP contribution is -2.47. The number of hydrogen-bond donors (Lipinski definition) is 1. The van der Waals surface area contributed by atoms with Gasteiger partial charge in [-0.3, -0.25) is 4.90 Å². The maximum atomic E-state index is 12.0. The number of rotatable bonds is 1. The number of ether oxygens (including phenoxy) is 1. The SMILES string of the molecule is CC(C)(C)OC(=O)N1CCC(N2CC[C@@H](N)C2)CC1. The van der Waals surface area contributed by atoms with Crippen LogP contribution < -0.4 is 5.73 Å². The molecular formula is C14H27N3O2. The van der Waals surface area contributed by atoms with Gasteiger partial charge in [-0.15, -0.1) is 0 Å². The molecule has 2 saturated heterocycles. The summed E-state index contributed by atoms with van der Waals surface area (Å²) in [4.78, 5) is 16.3. The van der Waals surface area contributed by atoms with Crippen LogP contribution in [0.5, 0.6) is 0 Å². The lowest BCUT2D eigenvalue weighted by Gasteiger charge is -2.37. The molecule has 2 aliphatic rings. The summed E-state index contributed by atoms with van der Waals surface area (Å²) in [6, 6.07) is 0.927. The molecule has 0 saturated carbocycles. The second-order valence-corrected chi connectivity index (χ2v) is 6.74. The van der Waals surface area contributed by atoms with Gasteiger partial charge in [0.05, 0.1) is 0 Å². The van der Waals surface area contributed by atoms with Gasteiger partial charge in [0.1, 0.15) is 5.60 Å². The van der Waals surface area contributed by atoms with Crippen molar-refractivity contribution in [2.75, 3.05) is 26.2 Å². The number of nitrogens with two attached hydrogens (primary N) is 1. The molecule has 0 unspecified atom stereocenters. The van der Waals surface area contributed by atoms with Crippen molar-refractivity contribution >= 4 is 6.09 Å². The summed E-state index contributed by atoms with van der Waals surface area (Å²) in [5.41, 5.74) is 5.54. The molecule has 0 aromatic heterocycles. The normalized spacial score (nSPS) is 26.7. The second-order valence-electron chi connectivity index (χ2n) is 6.74. The average molecular weight is 269 g/mol. The predicted molar refractivity (Wildman–Crippen MR) is 75.0 cm³/mol. The summed E-state index contributed by atoms with van der Waals surface area (Å²) in [5.74, 6) is 0. The lowest BCUT2D eigenvalue weighted by atomic mass is 10.0. The number of piperidine rings is 1. The van der Waals surface area contributed by atoms with Crippen molar-refractivity contribution in [2.45, 2.75) is 57.7 Å². The van der Waals surface area contributed by atoms with E-state index in [-0.39, 0.29) is 6.09 Å². The molecule has 0 bridgehead atoms. The Morgan fingerprint density at radius 3 is 2.26 bits per heavy atom. The number of carbonyl (C=O) groups excluding carboxylic acids is 1. The van der Waals surface area contributed by atoms with Gasteiger partial charge in [0.2, 0.25) is 0 Å². The molecule has 0 spiro atoms. The monoisotopic (exact) mass is 269 g/mol. The van der Waals surface area contributed by atoms with Gasteiger partial charge in [0, 0.05) is 38.3 Å². The molecule has 110 valence electrons. The topological polar surface area (TPSA) is 58.8 Å². The van der Waals surface area contributed by atoms with Crippen LogP contribution in [0.4, 0.5) is 4.79 Å². The van der Waals surface area contributed by atoms with Crippen LogP contribution in [0.15, 0.2) is 0 Å². The average Bonchev–Trinajstić information content (AvgIpc) is 2.74. The van der Waals surface area contributed by atoms with Gasteiger partial charge in [0.15, 0.2) is 0 Å². The molecule has 2 rings (SSSR count). The van der Waals surface area contributed by atoms with E-state index in [4.69, 9.17) is 10.5 Å². The van der Waals surface area contributed by atoms with Gasteiger partial charge >= 0.3 is 6.09 Å². The van der Waals surface area contributed by atoms with Crippen LogP contribution in [0.25, 0.3) is 0 Å². The Hall–Kier alpha value is -0.810. The molecule has 1 amide bonds. The Morgan fingerprint density at radius 1 is 1.16 bits per heavy atom. The predicted octanol–water partition coefficient (Wildman–Crippen LogP) is 1.42. The maximum Gasteiger partial charge on any atom is 0.410 e. The molecule has 5 heteroatoms. The van der Waals surface area contributed by atoms with Crippen molar-refractivity contribution in [3.8, 4) is 0 Å². The van der Waals surface area contributed by atoms with Crippen LogP contribution >= 0.6 is 0 Å². The van der Waals surface area contributed by atoms with Gasteiger partial charge in [-0.25, -0.2) is 4.79 Å². The smallest absolute Gasteiger partial charge is 0.410 e. The van der Waals surface area contributed by atoms with Gasteiger partial charge < -0.3 is 15.4 Å². The van der Waals surface area contributed by atoms with Crippen LogP contribution in [-0.4, -0.2) is 59.8 Å². The number of nitrogens with zero attached hydrogens (tertiary/aromatic N) is 2. The Bertz CT molecular complexity index is 319. The highest BCUT2D eigenvalue weighted by Crippen LogP contribution is 2.22. The molecule has 5 nitrogen and oxygen atoms in total. The van der Waals surface area contributed by atoms with Crippen molar-refractivity contribution in [3.05, 3.63) is 0 Å². The fraction of sp³-hybridized carbons (Fsp3) is 0.929. The zero-order valence-electron chi connectivity index (χ0n) is 12.4. The molecule has 2 heterocycles. The molecule has 1 atom stereocenters. The minimum absolute atomic E-state index is 0.177. The Morgan fingerprint density at radius 2 is 1.79 bits per heavy atom. The van der Waals surface area contributed by atoms with E-state index >= 15 is 0 Å². The number of amides is 1. The second kappa shape index (κ2) is 5.67. The quantitative estimate of drug-likeness (QED) is 0.782. The first kappa shape index (κ1) is 14.6. The third-order valence-corrected chi connectivity index (χ3v) is 3.89. The molecule has 2 N–H and O–H groups in total. The highest BCUT2D eigenvalue weighted by Gasteiger charge is 2.31. The van der Waals surface area contributed by atoms with E-state index in [0.717, 1.165) is 45.4 Å². The van der Waals surface area contributed by atoms with E-state index in [1.165, 1.54) is 0 Å². The highest BCUT2D eigenvalue weighted by molar-refractivity contribution is 5.68. The third-order valence-electron chi connectivity index (χ3n) is 3.89. The number of hydrogen-bond acceptors (Lipinski definition) is 4. The summed E-state index contributed by atoms with van der Waals surface area (Å²) in [5, 5.41) is 0. The van der Waals surface area contributed by atoms with E-state index in [1.807, 2.05) is 25.7 Å². The van der Waals surface area contributed by atoms with Crippen molar-refractivity contribution in [1.82, 2.24) is 9.80 Å². The molecule has 2 fully saturated rings. The molecule has 0 aliphatic carbocycles. The Labute approximate surface area is 116 Å².